The zero-order valence-corrected chi connectivity index (χ0v) is 9.96. The van der Waals surface area contributed by atoms with Gasteiger partial charge in [-0.2, -0.15) is 0 Å². The summed E-state index contributed by atoms with van der Waals surface area (Å²) in [6.45, 7) is 4.24. The predicted octanol–water partition coefficient (Wildman–Crippen LogP) is 1.00. The minimum atomic E-state index is -0.369. The third-order valence-corrected chi connectivity index (χ3v) is 3.59. The highest BCUT2D eigenvalue weighted by Gasteiger charge is 2.40. The van der Waals surface area contributed by atoms with E-state index in [-0.39, 0.29) is 11.4 Å². The maximum atomic E-state index is 12.4. The molecule has 0 aromatic heterocycles. The summed E-state index contributed by atoms with van der Waals surface area (Å²) in [6, 6.07) is 0. The second kappa shape index (κ2) is 4.47. The zero-order valence-electron chi connectivity index (χ0n) is 9.96. The monoisotopic (exact) mass is 220 g/mol. The molecule has 3 heteroatoms. The minimum absolute atomic E-state index is 0.190. The molecule has 2 fully saturated rings. The van der Waals surface area contributed by atoms with Crippen LogP contribution in [0.3, 0.4) is 0 Å². The summed E-state index contributed by atoms with van der Waals surface area (Å²) in [5, 5.41) is 3.31. The van der Waals surface area contributed by atoms with E-state index >= 15 is 0 Å². The highest BCUT2D eigenvalue weighted by atomic mass is 16.2. The van der Waals surface area contributed by atoms with Gasteiger partial charge in [0.1, 0.15) is 0 Å². The number of amides is 1. The van der Waals surface area contributed by atoms with Crippen molar-refractivity contribution in [3.05, 3.63) is 0 Å². The van der Waals surface area contributed by atoms with E-state index in [1.807, 2.05) is 11.8 Å². The Bertz CT molecular complexity index is 308. The molecule has 1 aliphatic heterocycles. The van der Waals surface area contributed by atoms with Crippen molar-refractivity contribution in [2.45, 2.75) is 38.1 Å². The Labute approximate surface area is 97.6 Å². The van der Waals surface area contributed by atoms with Gasteiger partial charge in [0.2, 0.25) is 5.91 Å². The van der Waals surface area contributed by atoms with Crippen LogP contribution in [-0.4, -0.2) is 36.0 Å². The molecule has 0 aromatic rings. The van der Waals surface area contributed by atoms with Crippen LogP contribution >= 0.6 is 0 Å². The highest BCUT2D eigenvalue weighted by Crippen LogP contribution is 2.31. The van der Waals surface area contributed by atoms with Gasteiger partial charge in [-0.3, -0.25) is 4.79 Å². The Morgan fingerprint density at radius 3 is 2.88 bits per heavy atom. The van der Waals surface area contributed by atoms with Crippen LogP contribution in [0.5, 0.6) is 0 Å². The Kier molecular flexibility index (Phi) is 3.20. The Morgan fingerprint density at radius 2 is 2.38 bits per heavy atom. The van der Waals surface area contributed by atoms with E-state index in [1.165, 1.54) is 12.8 Å². The molecule has 2 aliphatic rings. The minimum Gasteiger partial charge on any atom is -0.330 e. The van der Waals surface area contributed by atoms with E-state index in [2.05, 4.69) is 11.2 Å². The molecule has 1 saturated carbocycles. The normalized spacial score (nSPS) is 28.8. The number of carbonyl (C=O) groups is 1. The lowest BCUT2D eigenvalue weighted by Crippen LogP contribution is -2.53. The number of nitrogens with zero attached hydrogens (tertiary/aromatic N) is 1. The fourth-order valence-corrected chi connectivity index (χ4v) is 2.37. The van der Waals surface area contributed by atoms with Gasteiger partial charge in [-0.05, 0) is 45.1 Å². The first-order valence-corrected chi connectivity index (χ1v) is 6.13. The van der Waals surface area contributed by atoms with Gasteiger partial charge < -0.3 is 10.2 Å². The molecule has 1 heterocycles. The second-order valence-electron chi connectivity index (χ2n) is 5.20. The topological polar surface area (TPSA) is 32.3 Å². The van der Waals surface area contributed by atoms with Crippen molar-refractivity contribution in [3.63, 3.8) is 0 Å². The van der Waals surface area contributed by atoms with Gasteiger partial charge in [0.25, 0.3) is 0 Å². The van der Waals surface area contributed by atoms with Crippen molar-refractivity contribution in [2.24, 2.45) is 5.92 Å². The van der Waals surface area contributed by atoms with Gasteiger partial charge in [0.15, 0.2) is 0 Å². The number of terminal acetylenes is 1. The van der Waals surface area contributed by atoms with Crippen molar-refractivity contribution in [1.82, 2.24) is 10.2 Å². The van der Waals surface area contributed by atoms with E-state index in [4.69, 9.17) is 6.42 Å². The third kappa shape index (κ3) is 2.38. The summed E-state index contributed by atoms with van der Waals surface area (Å²) in [5.74, 6) is 3.49. The molecule has 0 radical (unpaired) electrons. The molecule has 3 nitrogen and oxygen atoms in total. The molecule has 1 unspecified atom stereocenters. The van der Waals surface area contributed by atoms with Crippen molar-refractivity contribution in [2.75, 3.05) is 19.6 Å². The van der Waals surface area contributed by atoms with Crippen LogP contribution in [0.2, 0.25) is 0 Å². The summed E-state index contributed by atoms with van der Waals surface area (Å²) in [6.07, 6.45) is 9.84. The molecule has 1 atom stereocenters. The Morgan fingerprint density at radius 1 is 1.62 bits per heavy atom. The van der Waals surface area contributed by atoms with Gasteiger partial charge in [-0.15, -0.1) is 6.42 Å². The van der Waals surface area contributed by atoms with Crippen molar-refractivity contribution in [3.8, 4) is 12.3 Å². The summed E-state index contributed by atoms with van der Waals surface area (Å²) in [4.78, 5) is 14.2. The average Bonchev–Trinajstić information content (AvgIpc) is 2.97. The van der Waals surface area contributed by atoms with Gasteiger partial charge in [-0.25, -0.2) is 0 Å². The summed E-state index contributed by atoms with van der Waals surface area (Å²) in [7, 11) is 0. The van der Waals surface area contributed by atoms with Gasteiger partial charge in [0, 0.05) is 6.54 Å². The summed E-state index contributed by atoms with van der Waals surface area (Å²) >= 11 is 0. The first-order valence-electron chi connectivity index (χ1n) is 6.13. The quantitative estimate of drug-likeness (QED) is 0.717. The van der Waals surface area contributed by atoms with Crippen LogP contribution in [-0.2, 0) is 4.79 Å². The molecule has 0 spiro atoms. The molecule has 88 valence electrons. The number of hydrogen-bond acceptors (Lipinski definition) is 2. The van der Waals surface area contributed by atoms with Gasteiger partial charge in [0.05, 0.1) is 12.1 Å². The third-order valence-electron chi connectivity index (χ3n) is 3.59. The second-order valence-corrected chi connectivity index (χ2v) is 5.20. The molecule has 1 saturated heterocycles. The SMILES string of the molecule is C#CCN(CC1CC1)C(=O)C1(C)CCCN1. The summed E-state index contributed by atoms with van der Waals surface area (Å²) in [5.41, 5.74) is -0.369. The maximum Gasteiger partial charge on any atom is 0.243 e. The molecule has 1 N–H and O–H groups in total. The first-order chi connectivity index (χ1) is 7.65. The van der Waals surface area contributed by atoms with Crippen molar-refractivity contribution in [1.29, 1.82) is 0 Å². The number of nitrogens with one attached hydrogen (secondary N) is 1. The average molecular weight is 220 g/mol. The smallest absolute Gasteiger partial charge is 0.243 e. The van der Waals surface area contributed by atoms with Crippen LogP contribution < -0.4 is 5.32 Å². The fourth-order valence-electron chi connectivity index (χ4n) is 2.37. The number of hydrogen-bond donors (Lipinski definition) is 1. The van der Waals surface area contributed by atoms with Crippen LogP contribution in [0.25, 0.3) is 0 Å². The summed E-state index contributed by atoms with van der Waals surface area (Å²) < 4.78 is 0. The fraction of sp³-hybridized carbons (Fsp3) is 0.769. The van der Waals surface area contributed by atoms with Gasteiger partial charge >= 0.3 is 0 Å². The van der Waals surface area contributed by atoms with E-state index in [0.717, 1.165) is 25.9 Å². The molecular weight excluding hydrogens is 200 g/mol. The highest BCUT2D eigenvalue weighted by molar-refractivity contribution is 5.86. The Balaban J connectivity index is 2.00. The van der Waals surface area contributed by atoms with E-state index < -0.39 is 0 Å². The van der Waals surface area contributed by atoms with Crippen molar-refractivity contribution >= 4 is 5.91 Å². The van der Waals surface area contributed by atoms with Crippen LogP contribution in [0.4, 0.5) is 0 Å². The number of carbonyl (C=O) groups excluding carboxylic acids is 1. The van der Waals surface area contributed by atoms with Gasteiger partial charge in [-0.1, -0.05) is 5.92 Å². The molecule has 1 amide bonds. The lowest BCUT2D eigenvalue weighted by Gasteiger charge is -2.30. The lowest BCUT2D eigenvalue weighted by atomic mass is 9.98. The van der Waals surface area contributed by atoms with Crippen LogP contribution in [0.15, 0.2) is 0 Å². The molecule has 2 rings (SSSR count). The molecule has 0 bridgehead atoms. The maximum absolute atomic E-state index is 12.4. The number of rotatable bonds is 4. The van der Waals surface area contributed by atoms with Crippen LogP contribution in [0, 0.1) is 18.3 Å². The molecule has 16 heavy (non-hydrogen) atoms. The standard InChI is InChI=1S/C13H20N2O/c1-3-9-15(10-11-5-6-11)12(16)13(2)7-4-8-14-13/h1,11,14H,4-10H2,2H3. The largest absolute Gasteiger partial charge is 0.330 e. The van der Waals surface area contributed by atoms with Crippen molar-refractivity contribution < 1.29 is 4.79 Å². The van der Waals surface area contributed by atoms with Crippen LogP contribution in [0.1, 0.15) is 32.6 Å². The zero-order chi connectivity index (χ0) is 11.6. The molecular formula is C13H20N2O. The predicted molar refractivity (Wildman–Crippen MR) is 63.8 cm³/mol. The Hall–Kier alpha value is -1.01. The molecule has 0 aromatic carbocycles. The van der Waals surface area contributed by atoms with E-state index in [1.54, 1.807) is 0 Å². The lowest BCUT2D eigenvalue weighted by molar-refractivity contribution is -0.136. The molecule has 1 aliphatic carbocycles. The van der Waals surface area contributed by atoms with E-state index in [9.17, 15) is 4.79 Å². The first kappa shape index (κ1) is 11.5. The van der Waals surface area contributed by atoms with E-state index in [0.29, 0.717) is 12.5 Å².